The quantitative estimate of drug-likeness (QED) is 0.739. The van der Waals surface area contributed by atoms with Crippen LogP contribution in [0.15, 0.2) is 18.3 Å². The van der Waals surface area contributed by atoms with E-state index in [9.17, 15) is 0 Å². The maximum atomic E-state index is 4.33. The van der Waals surface area contributed by atoms with Gasteiger partial charge in [-0.15, -0.1) is 0 Å². The summed E-state index contributed by atoms with van der Waals surface area (Å²) < 4.78 is 0. The van der Waals surface area contributed by atoms with E-state index >= 15 is 0 Å². The monoisotopic (exact) mass is 234 g/mol. The zero-order chi connectivity index (χ0) is 12.5. The van der Waals surface area contributed by atoms with E-state index in [0.29, 0.717) is 6.04 Å². The van der Waals surface area contributed by atoms with E-state index in [2.05, 4.69) is 36.3 Å². The summed E-state index contributed by atoms with van der Waals surface area (Å²) in [6, 6.07) is 4.91. The lowest BCUT2D eigenvalue weighted by atomic mass is 10.0. The van der Waals surface area contributed by atoms with Crippen LogP contribution in [0.2, 0.25) is 0 Å². The summed E-state index contributed by atoms with van der Waals surface area (Å²) in [5.74, 6) is 0. The largest absolute Gasteiger partial charge is 0.310 e. The molecule has 1 aromatic rings. The molecule has 0 radical (unpaired) electrons. The third-order valence-corrected chi connectivity index (χ3v) is 3.11. The Morgan fingerprint density at radius 1 is 1.18 bits per heavy atom. The molecule has 0 aliphatic carbocycles. The molecule has 1 heterocycles. The first-order valence-electron chi connectivity index (χ1n) is 6.91. The van der Waals surface area contributed by atoms with Gasteiger partial charge >= 0.3 is 0 Å². The molecule has 1 aromatic heterocycles. The average Bonchev–Trinajstić information content (AvgIpc) is 2.35. The standard InChI is InChI=1S/C15H26N2/c1-4-6-8-15(7-5-2)17-12-14-10-9-13(3)16-11-14/h9-11,15,17H,4-8,12H2,1-3H3. The second-order valence-corrected chi connectivity index (χ2v) is 4.82. The number of hydrogen-bond donors (Lipinski definition) is 1. The Balaban J connectivity index is 2.37. The first-order chi connectivity index (χ1) is 8.26. The summed E-state index contributed by atoms with van der Waals surface area (Å²) in [6.07, 6.45) is 8.42. The maximum Gasteiger partial charge on any atom is 0.0372 e. The second kappa shape index (κ2) is 8.24. The van der Waals surface area contributed by atoms with Crippen molar-refractivity contribution in [3.8, 4) is 0 Å². The molecule has 0 amide bonds. The summed E-state index contributed by atoms with van der Waals surface area (Å²) >= 11 is 0. The minimum absolute atomic E-state index is 0.668. The number of pyridine rings is 1. The number of aryl methyl sites for hydroxylation is 1. The minimum atomic E-state index is 0.668. The summed E-state index contributed by atoms with van der Waals surface area (Å²) in [7, 11) is 0. The molecular weight excluding hydrogens is 208 g/mol. The van der Waals surface area contributed by atoms with Gasteiger partial charge in [0.25, 0.3) is 0 Å². The Hall–Kier alpha value is -0.890. The van der Waals surface area contributed by atoms with Gasteiger partial charge in [-0.05, 0) is 31.4 Å². The highest BCUT2D eigenvalue weighted by Crippen LogP contribution is 2.08. The molecule has 1 rings (SSSR count). The third-order valence-electron chi connectivity index (χ3n) is 3.11. The third kappa shape index (κ3) is 5.83. The van der Waals surface area contributed by atoms with Crippen molar-refractivity contribution >= 4 is 0 Å². The Morgan fingerprint density at radius 2 is 2.00 bits per heavy atom. The molecule has 1 N–H and O–H groups in total. The van der Waals surface area contributed by atoms with Gasteiger partial charge in [0.05, 0.1) is 0 Å². The Labute approximate surface area is 106 Å². The van der Waals surface area contributed by atoms with E-state index < -0.39 is 0 Å². The van der Waals surface area contributed by atoms with Crippen molar-refractivity contribution in [1.29, 1.82) is 0 Å². The number of nitrogens with one attached hydrogen (secondary N) is 1. The lowest BCUT2D eigenvalue weighted by Gasteiger charge is -2.17. The van der Waals surface area contributed by atoms with Crippen LogP contribution in [0.4, 0.5) is 0 Å². The molecule has 0 bridgehead atoms. The molecular formula is C15H26N2. The van der Waals surface area contributed by atoms with Gasteiger partial charge in [0.15, 0.2) is 0 Å². The SMILES string of the molecule is CCCCC(CCC)NCc1ccc(C)nc1. The molecule has 96 valence electrons. The molecule has 0 aromatic carbocycles. The molecule has 2 nitrogen and oxygen atoms in total. The van der Waals surface area contributed by atoms with Crippen LogP contribution in [0, 0.1) is 6.92 Å². The van der Waals surface area contributed by atoms with Crippen LogP contribution in [0.1, 0.15) is 57.2 Å². The predicted octanol–water partition coefficient (Wildman–Crippen LogP) is 3.84. The van der Waals surface area contributed by atoms with Crippen LogP contribution in [-0.4, -0.2) is 11.0 Å². The normalized spacial score (nSPS) is 12.6. The lowest BCUT2D eigenvalue weighted by Crippen LogP contribution is -2.28. The van der Waals surface area contributed by atoms with Crippen LogP contribution < -0.4 is 5.32 Å². The van der Waals surface area contributed by atoms with Gasteiger partial charge in [-0.2, -0.15) is 0 Å². The molecule has 0 fully saturated rings. The molecule has 0 spiro atoms. The van der Waals surface area contributed by atoms with Gasteiger partial charge in [-0.3, -0.25) is 4.98 Å². The van der Waals surface area contributed by atoms with Crippen LogP contribution in [-0.2, 0) is 6.54 Å². The zero-order valence-corrected chi connectivity index (χ0v) is 11.5. The van der Waals surface area contributed by atoms with E-state index in [0.717, 1.165) is 12.2 Å². The van der Waals surface area contributed by atoms with Gasteiger partial charge in [-0.25, -0.2) is 0 Å². The van der Waals surface area contributed by atoms with Crippen molar-refractivity contribution in [3.63, 3.8) is 0 Å². The molecule has 17 heavy (non-hydrogen) atoms. The summed E-state index contributed by atoms with van der Waals surface area (Å²) in [4.78, 5) is 4.33. The van der Waals surface area contributed by atoms with Crippen LogP contribution >= 0.6 is 0 Å². The number of unbranched alkanes of at least 4 members (excludes halogenated alkanes) is 1. The number of nitrogens with zero attached hydrogens (tertiary/aromatic N) is 1. The van der Waals surface area contributed by atoms with E-state index in [1.54, 1.807) is 0 Å². The minimum Gasteiger partial charge on any atom is -0.310 e. The average molecular weight is 234 g/mol. The highest BCUT2D eigenvalue weighted by molar-refractivity contribution is 5.12. The highest BCUT2D eigenvalue weighted by atomic mass is 14.9. The molecule has 0 saturated carbocycles. The predicted molar refractivity (Wildman–Crippen MR) is 74.0 cm³/mol. The highest BCUT2D eigenvalue weighted by Gasteiger charge is 2.06. The Bertz CT molecular complexity index is 292. The van der Waals surface area contributed by atoms with Crippen LogP contribution in [0.3, 0.4) is 0 Å². The molecule has 1 atom stereocenters. The van der Waals surface area contributed by atoms with Crippen molar-refractivity contribution in [3.05, 3.63) is 29.6 Å². The van der Waals surface area contributed by atoms with E-state index in [4.69, 9.17) is 0 Å². The number of rotatable bonds is 8. The molecule has 0 saturated heterocycles. The maximum absolute atomic E-state index is 4.33. The van der Waals surface area contributed by atoms with Crippen molar-refractivity contribution in [2.75, 3.05) is 0 Å². The van der Waals surface area contributed by atoms with Crippen molar-refractivity contribution in [1.82, 2.24) is 10.3 Å². The van der Waals surface area contributed by atoms with Crippen molar-refractivity contribution < 1.29 is 0 Å². The smallest absolute Gasteiger partial charge is 0.0372 e. The van der Waals surface area contributed by atoms with Gasteiger partial charge in [0, 0.05) is 24.5 Å². The fraction of sp³-hybridized carbons (Fsp3) is 0.667. The fourth-order valence-electron chi connectivity index (χ4n) is 2.01. The zero-order valence-electron chi connectivity index (χ0n) is 11.5. The summed E-state index contributed by atoms with van der Waals surface area (Å²) in [5, 5.41) is 3.65. The first kappa shape index (κ1) is 14.2. The summed E-state index contributed by atoms with van der Waals surface area (Å²) in [6.45, 7) is 7.49. The lowest BCUT2D eigenvalue weighted by molar-refractivity contribution is 0.434. The van der Waals surface area contributed by atoms with Gasteiger partial charge < -0.3 is 5.32 Å². The van der Waals surface area contributed by atoms with E-state index in [-0.39, 0.29) is 0 Å². The van der Waals surface area contributed by atoms with Crippen molar-refractivity contribution in [2.24, 2.45) is 0 Å². The van der Waals surface area contributed by atoms with Gasteiger partial charge in [-0.1, -0.05) is 39.2 Å². The Kier molecular flexibility index (Phi) is 6.87. The first-order valence-corrected chi connectivity index (χ1v) is 6.91. The molecule has 2 heteroatoms. The van der Waals surface area contributed by atoms with Crippen LogP contribution in [0.5, 0.6) is 0 Å². The Morgan fingerprint density at radius 3 is 2.59 bits per heavy atom. The summed E-state index contributed by atoms with van der Waals surface area (Å²) in [5.41, 5.74) is 2.37. The molecule has 0 aliphatic heterocycles. The van der Waals surface area contributed by atoms with E-state index in [1.165, 1.54) is 37.7 Å². The number of hydrogen-bond acceptors (Lipinski definition) is 2. The van der Waals surface area contributed by atoms with Gasteiger partial charge in [0.2, 0.25) is 0 Å². The fourth-order valence-corrected chi connectivity index (χ4v) is 2.01. The molecule has 0 aliphatic rings. The van der Waals surface area contributed by atoms with Gasteiger partial charge in [0.1, 0.15) is 0 Å². The molecule has 1 unspecified atom stereocenters. The number of aromatic nitrogens is 1. The van der Waals surface area contributed by atoms with Crippen molar-refractivity contribution in [2.45, 2.75) is 65.5 Å². The second-order valence-electron chi connectivity index (χ2n) is 4.82. The van der Waals surface area contributed by atoms with E-state index in [1.807, 2.05) is 13.1 Å². The topological polar surface area (TPSA) is 24.9 Å². The van der Waals surface area contributed by atoms with Crippen LogP contribution in [0.25, 0.3) is 0 Å².